The monoisotopic (exact) mass is 370 g/mol. The Morgan fingerprint density at radius 3 is 2.22 bits per heavy atom. The predicted octanol–water partition coefficient (Wildman–Crippen LogP) is 6.92. The van der Waals surface area contributed by atoms with E-state index in [9.17, 15) is 4.79 Å². The molecule has 27 heavy (non-hydrogen) atoms. The smallest absolute Gasteiger partial charge is 0.191 e. The highest BCUT2D eigenvalue weighted by molar-refractivity contribution is 8.00. The predicted molar refractivity (Wildman–Crippen MR) is 114 cm³/mol. The van der Waals surface area contributed by atoms with Crippen molar-refractivity contribution in [3.05, 3.63) is 107 Å². The third-order valence-corrected chi connectivity index (χ3v) is 6.32. The number of carbonyl (C=O) groups excluding carboxylic acids is 1. The minimum atomic E-state index is 0.0124. The fourth-order valence-electron chi connectivity index (χ4n) is 3.40. The van der Waals surface area contributed by atoms with Crippen molar-refractivity contribution in [1.29, 1.82) is 0 Å². The van der Waals surface area contributed by atoms with Crippen molar-refractivity contribution in [1.82, 2.24) is 0 Å². The Hall–Kier alpha value is -2.58. The molecular weight excluding hydrogens is 348 g/mol. The lowest BCUT2D eigenvalue weighted by atomic mass is 9.93. The van der Waals surface area contributed by atoms with Crippen molar-refractivity contribution in [3.63, 3.8) is 0 Å². The highest BCUT2D eigenvalue weighted by Gasteiger charge is 2.31. The third-order valence-electron chi connectivity index (χ3n) is 4.95. The largest absolute Gasteiger partial charge is 0.289 e. The van der Waals surface area contributed by atoms with E-state index >= 15 is 0 Å². The molecule has 0 amide bonds. The highest BCUT2D eigenvalue weighted by atomic mass is 32.2. The van der Waals surface area contributed by atoms with Crippen LogP contribution in [-0.2, 0) is 0 Å². The van der Waals surface area contributed by atoms with Crippen molar-refractivity contribution in [2.75, 3.05) is 0 Å². The average Bonchev–Trinajstić information content (AvgIpc) is 2.71. The van der Waals surface area contributed by atoms with Crippen molar-refractivity contribution in [2.45, 2.75) is 29.9 Å². The van der Waals surface area contributed by atoms with E-state index in [1.807, 2.05) is 42.5 Å². The van der Waals surface area contributed by atoms with E-state index in [1.54, 1.807) is 11.8 Å². The van der Waals surface area contributed by atoms with Gasteiger partial charge in [0.05, 0.1) is 5.25 Å². The molecule has 0 radical (unpaired) electrons. The maximum absolute atomic E-state index is 13.3. The van der Waals surface area contributed by atoms with E-state index in [1.165, 1.54) is 5.56 Å². The van der Waals surface area contributed by atoms with Crippen LogP contribution < -0.4 is 0 Å². The maximum Gasteiger partial charge on any atom is 0.191 e. The van der Waals surface area contributed by atoms with Gasteiger partial charge < -0.3 is 0 Å². The number of hydrogen-bond acceptors (Lipinski definition) is 2. The second-order valence-electron chi connectivity index (χ2n) is 7.15. The molecule has 1 nitrogen and oxygen atoms in total. The highest BCUT2D eigenvalue weighted by Crippen LogP contribution is 2.48. The average molecular weight is 371 g/mol. The lowest BCUT2D eigenvalue weighted by Crippen LogP contribution is -2.16. The number of rotatable bonds is 3. The van der Waals surface area contributed by atoms with Crippen molar-refractivity contribution in [2.24, 2.45) is 0 Å². The van der Waals surface area contributed by atoms with Gasteiger partial charge in [-0.05, 0) is 40.8 Å². The Morgan fingerprint density at radius 2 is 1.52 bits per heavy atom. The molecule has 1 atom stereocenters. The number of benzene rings is 3. The van der Waals surface area contributed by atoms with Crippen molar-refractivity contribution >= 4 is 23.6 Å². The topological polar surface area (TPSA) is 17.1 Å². The summed E-state index contributed by atoms with van der Waals surface area (Å²) in [5.74, 6) is 0.633. The zero-order chi connectivity index (χ0) is 18.8. The van der Waals surface area contributed by atoms with E-state index in [-0.39, 0.29) is 11.0 Å². The Kier molecular flexibility index (Phi) is 5.00. The van der Waals surface area contributed by atoms with Crippen LogP contribution in [0.4, 0.5) is 0 Å². The van der Waals surface area contributed by atoms with Crippen LogP contribution in [0.1, 0.15) is 52.1 Å². The number of hydrogen-bond donors (Lipinski definition) is 0. The molecule has 134 valence electrons. The van der Waals surface area contributed by atoms with Gasteiger partial charge in [-0.3, -0.25) is 4.79 Å². The summed E-state index contributed by atoms with van der Waals surface area (Å²) < 4.78 is 0. The van der Waals surface area contributed by atoms with Gasteiger partial charge in [0.2, 0.25) is 0 Å². The van der Waals surface area contributed by atoms with E-state index < -0.39 is 0 Å². The molecular formula is C25H22OS. The lowest BCUT2D eigenvalue weighted by molar-refractivity contribution is 0.102. The van der Waals surface area contributed by atoms with Crippen LogP contribution in [0.2, 0.25) is 0 Å². The first kappa shape index (κ1) is 17.8. The summed E-state index contributed by atoms with van der Waals surface area (Å²) in [7, 11) is 0. The number of carbonyl (C=O) groups is 1. The summed E-state index contributed by atoms with van der Waals surface area (Å²) in [5, 5.41) is 0.0124. The molecule has 1 aliphatic heterocycles. The summed E-state index contributed by atoms with van der Waals surface area (Å²) in [4.78, 5) is 14.4. The fraction of sp³-hybridized carbons (Fsp3) is 0.160. The van der Waals surface area contributed by atoms with E-state index in [0.29, 0.717) is 5.92 Å². The van der Waals surface area contributed by atoms with Crippen LogP contribution in [0.25, 0.3) is 6.08 Å². The van der Waals surface area contributed by atoms with Gasteiger partial charge in [0.25, 0.3) is 0 Å². The molecule has 0 aromatic heterocycles. The molecule has 0 bridgehead atoms. The quantitative estimate of drug-likeness (QED) is 0.465. The molecule has 0 spiro atoms. The number of thioether (sulfide) groups is 1. The van der Waals surface area contributed by atoms with Gasteiger partial charge in [-0.15, -0.1) is 11.8 Å². The van der Waals surface area contributed by atoms with Crippen molar-refractivity contribution < 1.29 is 4.79 Å². The van der Waals surface area contributed by atoms with Crippen molar-refractivity contribution in [3.8, 4) is 0 Å². The van der Waals surface area contributed by atoms with Gasteiger partial charge in [0, 0.05) is 16.0 Å². The molecule has 3 aromatic carbocycles. The van der Waals surface area contributed by atoms with E-state index in [4.69, 9.17) is 0 Å². The van der Waals surface area contributed by atoms with Gasteiger partial charge in [0.1, 0.15) is 0 Å². The van der Waals surface area contributed by atoms with Gasteiger partial charge in [0.15, 0.2) is 5.78 Å². The molecule has 0 fully saturated rings. The Balaban J connectivity index is 1.80. The standard InChI is InChI=1S/C25H22OS/c1-17(2)19-14-12-18(13-15-19)16-22-24(26)21-10-6-7-11-23(21)27-25(22)20-8-4-3-5-9-20/h3-17,25H,1-2H3/b22-16+. The molecule has 3 aromatic rings. The van der Waals surface area contributed by atoms with Gasteiger partial charge in [-0.1, -0.05) is 80.6 Å². The molecule has 0 aliphatic carbocycles. The first-order valence-corrected chi connectivity index (χ1v) is 10.2. The third kappa shape index (κ3) is 3.63. The minimum Gasteiger partial charge on any atom is -0.289 e. The van der Waals surface area contributed by atoms with E-state index in [0.717, 1.165) is 27.2 Å². The summed E-state index contributed by atoms with van der Waals surface area (Å²) in [5.41, 5.74) is 5.20. The summed E-state index contributed by atoms with van der Waals surface area (Å²) >= 11 is 1.76. The SMILES string of the molecule is CC(C)c1ccc(/C=C2\C(=O)c3ccccc3SC2c2ccccc2)cc1. The molecule has 1 unspecified atom stereocenters. The molecule has 1 heterocycles. The number of fused-ring (bicyclic) bond motifs is 1. The van der Waals surface area contributed by atoms with Gasteiger partial charge in [-0.25, -0.2) is 0 Å². The second-order valence-corrected chi connectivity index (χ2v) is 8.30. The van der Waals surface area contributed by atoms with Crippen LogP contribution in [0.5, 0.6) is 0 Å². The van der Waals surface area contributed by atoms with Crippen LogP contribution >= 0.6 is 11.8 Å². The Morgan fingerprint density at radius 1 is 0.852 bits per heavy atom. The maximum atomic E-state index is 13.3. The first-order chi connectivity index (χ1) is 13.1. The van der Waals surface area contributed by atoms with Crippen LogP contribution in [0.15, 0.2) is 89.3 Å². The van der Waals surface area contributed by atoms with Crippen LogP contribution in [0.3, 0.4) is 0 Å². The molecule has 0 N–H and O–H groups in total. The molecule has 0 saturated heterocycles. The fourth-order valence-corrected chi connectivity index (χ4v) is 4.69. The van der Waals surface area contributed by atoms with E-state index in [2.05, 4.69) is 56.3 Å². The van der Waals surface area contributed by atoms with Crippen LogP contribution in [-0.4, -0.2) is 5.78 Å². The minimum absolute atomic E-state index is 0.0124. The zero-order valence-electron chi connectivity index (χ0n) is 15.6. The Bertz CT molecular complexity index is 984. The van der Waals surface area contributed by atoms with Gasteiger partial charge in [-0.2, -0.15) is 0 Å². The first-order valence-electron chi connectivity index (χ1n) is 9.30. The summed E-state index contributed by atoms with van der Waals surface area (Å²) in [6, 6.07) is 26.8. The second kappa shape index (κ2) is 7.58. The number of Topliss-reactive ketones (excluding diaryl/α,β-unsaturated/α-hetero) is 1. The number of ketones is 1. The Labute approximate surface area is 165 Å². The zero-order valence-corrected chi connectivity index (χ0v) is 16.4. The summed E-state index contributed by atoms with van der Waals surface area (Å²) in [6.45, 7) is 4.38. The van der Waals surface area contributed by atoms with Crippen LogP contribution in [0, 0.1) is 0 Å². The molecule has 1 aliphatic rings. The normalized spacial score (nSPS) is 18.0. The molecule has 2 heteroatoms. The molecule has 0 saturated carbocycles. The lowest BCUT2D eigenvalue weighted by Gasteiger charge is -2.26. The summed E-state index contributed by atoms with van der Waals surface area (Å²) in [6.07, 6.45) is 2.06. The molecule has 4 rings (SSSR count). The van der Waals surface area contributed by atoms with Gasteiger partial charge >= 0.3 is 0 Å².